The number of pyridine rings is 1. The van der Waals surface area contributed by atoms with E-state index in [2.05, 4.69) is 9.72 Å². The van der Waals surface area contributed by atoms with Gasteiger partial charge in [-0.2, -0.15) is 13.2 Å². The van der Waals surface area contributed by atoms with Crippen LogP contribution in [0.4, 0.5) is 13.2 Å². The van der Waals surface area contributed by atoms with Crippen LogP contribution in [0, 0.1) is 0 Å². The van der Waals surface area contributed by atoms with E-state index < -0.39 is 11.7 Å². The minimum atomic E-state index is -4.44. The third-order valence-electron chi connectivity index (χ3n) is 2.04. The Bertz CT molecular complexity index is 354. The zero-order chi connectivity index (χ0) is 12.2. The summed E-state index contributed by atoms with van der Waals surface area (Å²) in [5.74, 6) is -0.388. The second-order valence-electron chi connectivity index (χ2n) is 3.32. The van der Waals surface area contributed by atoms with E-state index in [-0.39, 0.29) is 5.88 Å². The van der Waals surface area contributed by atoms with E-state index in [1.54, 1.807) is 7.28 Å². The van der Waals surface area contributed by atoms with Crippen LogP contribution in [0.5, 0.6) is 5.88 Å². The normalized spacial score (nSPS) is 11.3. The Morgan fingerprint density at radius 3 is 2.62 bits per heavy atom. The molecule has 1 heterocycles. The number of aromatic nitrogens is 1. The van der Waals surface area contributed by atoms with E-state index in [0.717, 1.165) is 18.8 Å². The predicted molar refractivity (Wildman–Crippen MR) is 56.3 cm³/mol. The number of hydrogen-bond acceptors (Lipinski definition) is 2. The standard InChI is InChI=1S/C10H12BF3NO/c1-3-4-11-7-5-8(10(12,13)14)9(16-2)15-6-7/h5-6H,3-4H2,1-2H3. The quantitative estimate of drug-likeness (QED) is 0.740. The van der Waals surface area contributed by atoms with E-state index in [1.807, 2.05) is 6.92 Å². The number of nitrogens with zero attached hydrogens (tertiary/aromatic N) is 1. The van der Waals surface area contributed by atoms with Gasteiger partial charge >= 0.3 is 6.18 Å². The highest BCUT2D eigenvalue weighted by atomic mass is 19.4. The second kappa shape index (κ2) is 5.23. The van der Waals surface area contributed by atoms with Crippen molar-refractivity contribution in [3.8, 4) is 5.88 Å². The fraction of sp³-hybridized carbons (Fsp3) is 0.500. The molecule has 16 heavy (non-hydrogen) atoms. The summed E-state index contributed by atoms with van der Waals surface area (Å²) in [5.41, 5.74) is -0.366. The van der Waals surface area contributed by atoms with Crippen molar-refractivity contribution >= 4 is 12.7 Å². The summed E-state index contributed by atoms with van der Waals surface area (Å²) in [6.45, 7) is 1.96. The van der Waals surface area contributed by atoms with Gasteiger partial charge in [0.05, 0.1) is 7.11 Å². The molecule has 0 saturated carbocycles. The van der Waals surface area contributed by atoms with Gasteiger partial charge in [0.2, 0.25) is 5.88 Å². The van der Waals surface area contributed by atoms with Crippen molar-refractivity contribution in [3.63, 3.8) is 0 Å². The SMILES string of the molecule is CCC[B]c1cnc(OC)c(C(F)(F)F)c1. The van der Waals surface area contributed by atoms with Crippen molar-refractivity contribution in [1.82, 2.24) is 4.98 Å². The molecule has 87 valence electrons. The summed E-state index contributed by atoms with van der Waals surface area (Å²) in [4.78, 5) is 3.64. The van der Waals surface area contributed by atoms with Gasteiger partial charge in [0.25, 0.3) is 0 Å². The van der Waals surface area contributed by atoms with Gasteiger partial charge in [0.1, 0.15) is 5.56 Å². The summed E-state index contributed by atoms with van der Waals surface area (Å²) in [7, 11) is 2.90. The van der Waals surface area contributed by atoms with Crippen molar-refractivity contribution in [2.45, 2.75) is 25.8 Å². The molecule has 1 aromatic heterocycles. The predicted octanol–water partition coefficient (Wildman–Crippen LogP) is 2.27. The van der Waals surface area contributed by atoms with Crippen LogP contribution in [-0.2, 0) is 6.18 Å². The van der Waals surface area contributed by atoms with Crippen LogP contribution < -0.4 is 10.2 Å². The smallest absolute Gasteiger partial charge is 0.421 e. The molecule has 0 saturated heterocycles. The first-order chi connectivity index (χ1) is 7.49. The van der Waals surface area contributed by atoms with E-state index >= 15 is 0 Å². The Hall–Kier alpha value is -1.20. The van der Waals surface area contributed by atoms with Crippen LogP contribution in [0.1, 0.15) is 18.9 Å². The molecular weight excluding hydrogens is 218 g/mol. The highest BCUT2D eigenvalue weighted by molar-refractivity contribution is 6.53. The third-order valence-corrected chi connectivity index (χ3v) is 2.04. The molecule has 6 heteroatoms. The third kappa shape index (κ3) is 3.15. The van der Waals surface area contributed by atoms with E-state index in [1.165, 1.54) is 13.3 Å². The molecule has 0 N–H and O–H groups in total. The highest BCUT2D eigenvalue weighted by Crippen LogP contribution is 2.33. The van der Waals surface area contributed by atoms with Gasteiger partial charge in [0, 0.05) is 6.20 Å². The zero-order valence-electron chi connectivity index (χ0n) is 9.14. The molecule has 0 aliphatic heterocycles. The van der Waals surface area contributed by atoms with Crippen molar-refractivity contribution in [1.29, 1.82) is 0 Å². The zero-order valence-corrected chi connectivity index (χ0v) is 9.14. The lowest BCUT2D eigenvalue weighted by Gasteiger charge is -2.11. The average Bonchev–Trinajstić information content (AvgIpc) is 2.24. The fourth-order valence-electron chi connectivity index (χ4n) is 1.26. The average molecular weight is 230 g/mol. The summed E-state index contributed by atoms with van der Waals surface area (Å²) in [6, 6.07) is 1.06. The van der Waals surface area contributed by atoms with Gasteiger partial charge in [-0.15, -0.1) is 0 Å². The van der Waals surface area contributed by atoms with Crippen molar-refractivity contribution in [2.24, 2.45) is 0 Å². The molecule has 1 radical (unpaired) electrons. The Morgan fingerprint density at radius 1 is 1.44 bits per heavy atom. The Morgan fingerprint density at radius 2 is 2.12 bits per heavy atom. The van der Waals surface area contributed by atoms with Crippen LogP contribution in [0.2, 0.25) is 6.32 Å². The largest absolute Gasteiger partial charge is 0.481 e. The van der Waals surface area contributed by atoms with Crippen LogP contribution in [0.3, 0.4) is 0 Å². The molecular formula is C10H12BF3NO. The van der Waals surface area contributed by atoms with Gasteiger partial charge in [-0.05, 0) is 6.07 Å². The maximum absolute atomic E-state index is 12.6. The first kappa shape index (κ1) is 12.9. The first-order valence-corrected chi connectivity index (χ1v) is 4.93. The Labute approximate surface area is 93.1 Å². The van der Waals surface area contributed by atoms with Gasteiger partial charge in [-0.1, -0.05) is 25.1 Å². The van der Waals surface area contributed by atoms with Gasteiger partial charge in [0.15, 0.2) is 7.28 Å². The van der Waals surface area contributed by atoms with Crippen LogP contribution in [0.15, 0.2) is 12.3 Å². The summed E-state index contributed by atoms with van der Waals surface area (Å²) < 4.78 is 42.4. The van der Waals surface area contributed by atoms with Crippen LogP contribution in [0.25, 0.3) is 0 Å². The van der Waals surface area contributed by atoms with Crippen LogP contribution in [-0.4, -0.2) is 19.4 Å². The van der Waals surface area contributed by atoms with Crippen LogP contribution >= 0.6 is 0 Å². The molecule has 0 amide bonds. The number of hydrogen-bond donors (Lipinski definition) is 0. The molecule has 1 rings (SSSR count). The molecule has 0 spiro atoms. The lowest BCUT2D eigenvalue weighted by molar-refractivity contribution is -0.139. The van der Waals surface area contributed by atoms with E-state index in [0.29, 0.717) is 5.46 Å². The van der Waals surface area contributed by atoms with E-state index in [9.17, 15) is 13.2 Å². The fourth-order valence-corrected chi connectivity index (χ4v) is 1.26. The lowest BCUT2D eigenvalue weighted by Crippen LogP contribution is -2.19. The van der Waals surface area contributed by atoms with Crippen molar-refractivity contribution < 1.29 is 17.9 Å². The molecule has 0 fully saturated rings. The topological polar surface area (TPSA) is 22.1 Å². The first-order valence-electron chi connectivity index (χ1n) is 4.93. The maximum Gasteiger partial charge on any atom is 0.421 e. The number of ether oxygens (including phenoxy) is 1. The van der Waals surface area contributed by atoms with Gasteiger partial charge in [-0.3, -0.25) is 0 Å². The van der Waals surface area contributed by atoms with Gasteiger partial charge < -0.3 is 4.74 Å². The Balaban J connectivity index is 3.02. The number of halogens is 3. The molecule has 2 nitrogen and oxygen atoms in total. The summed E-state index contributed by atoms with van der Waals surface area (Å²) in [6.07, 6.45) is -1.45. The molecule has 0 aliphatic rings. The van der Waals surface area contributed by atoms with E-state index in [4.69, 9.17) is 0 Å². The van der Waals surface area contributed by atoms with Crippen molar-refractivity contribution in [2.75, 3.05) is 7.11 Å². The number of methoxy groups -OCH3 is 1. The minimum Gasteiger partial charge on any atom is -0.481 e. The Kier molecular flexibility index (Phi) is 4.21. The second-order valence-corrected chi connectivity index (χ2v) is 3.32. The molecule has 0 aromatic carbocycles. The molecule has 0 aliphatic carbocycles. The molecule has 1 aromatic rings. The highest BCUT2D eigenvalue weighted by Gasteiger charge is 2.35. The summed E-state index contributed by atoms with van der Waals surface area (Å²) >= 11 is 0. The minimum absolute atomic E-state index is 0.388. The molecule has 0 atom stereocenters. The number of rotatable bonds is 4. The lowest BCUT2D eigenvalue weighted by atomic mass is 9.67. The number of alkyl halides is 3. The molecule has 0 bridgehead atoms. The summed E-state index contributed by atoms with van der Waals surface area (Å²) in [5, 5.41) is 0. The molecule has 0 unspecified atom stereocenters. The van der Waals surface area contributed by atoms with Gasteiger partial charge in [-0.25, -0.2) is 4.98 Å². The maximum atomic E-state index is 12.6. The van der Waals surface area contributed by atoms with Crippen molar-refractivity contribution in [3.05, 3.63) is 17.8 Å². The monoisotopic (exact) mass is 230 g/mol.